The highest BCUT2D eigenvalue weighted by molar-refractivity contribution is 7.99. The van der Waals surface area contributed by atoms with Crippen LogP contribution in [-0.2, 0) is 22.6 Å². The molecule has 4 aromatic rings. The fourth-order valence-corrected chi connectivity index (χ4v) is 5.86. The van der Waals surface area contributed by atoms with E-state index in [1.165, 1.54) is 0 Å². The van der Waals surface area contributed by atoms with Gasteiger partial charge < -0.3 is 24.6 Å². The number of thioether (sulfide) groups is 1. The van der Waals surface area contributed by atoms with Gasteiger partial charge in [0.15, 0.2) is 29.6 Å². The Morgan fingerprint density at radius 1 is 0.844 bits per heavy atom. The van der Waals surface area contributed by atoms with E-state index in [2.05, 4.69) is 5.32 Å². The minimum Gasteiger partial charge on any atom is -0.496 e. The van der Waals surface area contributed by atoms with Gasteiger partial charge in [0.1, 0.15) is 11.3 Å². The van der Waals surface area contributed by atoms with Gasteiger partial charge in [-0.05, 0) is 28.8 Å². The summed E-state index contributed by atoms with van der Waals surface area (Å²) in [6.07, 6.45) is -0.734. The highest BCUT2D eigenvalue weighted by Gasteiger charge is 2.33. The number of rotatable bonds is 10. The lowest BCUT2D eigenvalue weighted by Gasteiger charge is -2.36. The van der Waals surface area contributed by atoms with Gasteiger partial charge >= 0.3 is 0 Å². The zero-order valence-electron chi connectivity index (χ0n) is 23.9. The molecule has 1 amide bonds. The number of halogens is 5. The molecule has 1 aliphatic heterocycles. The van der Waals surface area contributed by atoms with Crippen molar-refractivity contribution in [2.45, 2.75) is 43.0 Å². The Morgan fingerprint density at radius 3 is 2.09 bits per heavy atom. The standard InChI is InChI=1S/C33H28F5NO5S/c1-42-23-4-2-3-5-25(23)45-17-22-14-24(20-10-8-19(16-40)9-11-20)44-33(43-22)21-12-6-18(7-13-21)15-39-32(41)26-27(34)29(36)31(38)30(37)28(26)35/h2-13,22,24,33,40H,14-17H2,1H3,(H,39,41)/t22-,24+,33+/m1/s1. The first-order chi connectivity index (χ1) is 21.7. The normalized spacial score (nSPS) is 18.1. The third-order valence-electron chi connectivity index (χ3n) is 7.25. The number of aliphatic hydroxyl groups excluding tert-OH is 1. The molecule has 6 nitrogen and oxygen atoms in total. The van der Waals surface area contributed by atoms with Crippen molar-refractivity contribution in [2.75, 3.05) is 12.9 Å². The molecule has 236 valence electrons. The topological polar surface area (TPSA) is 77.0 Å². The van der Waals surface area contributed by atoms with Gasteiger partial charge in [-0.15, -0.1) is 11.8 Å². The third-order valence-corrected chi connectivity index (χ3v) is 8.44. The second-order valence-corrected chi connectivity index (χ2v) is 11.2. The smallest absolute Gasteiger partial charge is 0.257 e. The van der Waals surface area contributed by atoms with Gasteiger partial charge in [0, 0.05) is 29.2 Å². The average Bonchev–Trinajstić information content (AvgIpc) is 3.08. The molecule has 0 radical (unpaired) electrons. The van der Waals surface area contributed by atoms with Crippen molar-refractivity contribution in [2.24, 2.45) is 0 Å². The average molecular weight is 646 g/mol. The van der Waals surface area contributed by atoms with Crippen molar-refractivity contribution in [3.63, 3.8) is 0 Å². The maximum absolute atomic E-state index is 14.0. The molecule has 0 bridgehead atoms. The Balaban J connectivity index is 1.30. The summed E-state index contributed by atoms with van der Waals surface area (Å²) in [5, 5.41) is 11.6. The maximum atomic E-state index is 14.0. The highest BCUT2D eigenvalue weighted by Crippen LogP contribution is 2.40. The van der Waals surface area contributed by atoms with Crippen molar-refractivity contribution in [1.82, 2.24) is 5.32 Å². The molecular weight excluding hydrogens is 617 g/mol. The quantitative estimate of drug-likeness (QED) is 0.0826. The lowest BCUT2D eigenvalue weighted by molar-refractivity contribution is -0.245. The lowest BCUT2D eigenvalue weighted by Crippen LogP contribution is -2.31. The zero-order chi connectivity index (χ0) is 32.1. The number of aliphatic hydroxyl groups is 1. The molecule has 0 saturated carbocycles. The molecule has 0 unspecified atom stereocenters. The number of ether oxygens (including phenoxy) is 3. The number of carbonyl (C=O) groups is 1. The molecular formula is C33H28F5NO5S. The van der Waals surface area contributed by atoms with E-state index in [4.69, 9.17) is 14.2 Å². The van der Waals surface area contributed by atoms with Gasteiger partial charge in [-0.25, -0.2) is 22.0 Å². The van der Waals surface area contributed by atoms with Crippen molar-refractivity contribution in [1.29, 1.82) is 0 Å². The molecule has 5 rings (SSSR count). The summed E-state index contributed by atoms with van der Waals surface area (Å²) < 4.78 is 86.6. The number of hydrogen-bond acceptors (Lipinski definition) is 6. The summed E-state index contributed by atoms with van der Waals surface area (Å²) in [6, 6.07) is 21.8. The fraction of sp³-hybridized carbons (Fsp3) is 0.242. The molecule has 1 saturated heterocycles. The van der Waals surface area contributed by atoms with E-state index < -0.39 is 46.8 Å². The Bertz CT molecular complexity index is 1630. The van der Waals surface area contributed by atoms with Crippen LogP contribution in [0.5, 0.6) is 5.75 Å². The first-order valence-corrected chi connectivity index (χ1v) is 14.8. The number of benzene rings is 4. The predicted molar refractivity (Wildman–Crippen MR) is 156 cm³/mol. The van der Waals surface area contributed by atoms with Crippen LogP contribution in [0.2, 0.25) is 0 Å². The summed E-state index contributed by atoms with van der Waals surface area (Å²) in [7, 11) is 1.61. The van der Waals surface area contributed by atoms with E-state index in [0.29, 0.717) is 23.3 Å². The molecule has 1 heterocycles. The van der Waals surface area contributed by atoms with Gasteiger partial charge in [-0.3, -0.25) is 4.79 Å². The first-order valence-electron chi connectivity index (χ1n) is 13.8. The fourth-order valence-electron chi connectivity index (χ4n) is 4.81. The third kappa shape index (κ3) is 7.30. The summed E-state index contributed by atoms with van der Waals surface area (Å²) in [4.78, 5) is 13.3. The minimum absolute atomic E-state index is 0.0793. The predicted octanol–water partition coefficient (Wildman–Crippen LogP) is 7.15. The molecule has 3 atom stereocenters. The van der Waals surface area contributed by atoms with E-state index in [1.54, 1.807) is 43.1 Å². The maximum Gasteiger partial charge on any atom is 0.257 e. The Labute approximate surface area is 260 Å². The summed E-state index contributed by atoms with van der Waals surface area (Å²) in [5.74, 6) is -11.2. The van der Waals surface area contributed by atoms with Crippen LogP contribution in [0.25, 0.3) is 0 Å². The SMILES string of the molecule is COc1ccccc1SC[C@H]1C[C@@H](c2ccc(CO)cc2)O[C@@H](c2ccc(CNC(=O)c3c(F)c(F)c(F)c(F)c3F)cc2)O1. The van der Waals surface area contributed by atoms with Crippen LogP contribution in [0.1, 0.15) is 51.4 Å². The number of methoxy groups -OCH3 is 1. The van der Waals surface area contributed by atoms with E-state index in [0.717, 1.165) is 21.8 Å². The van der Waals surface area contributed by atoms with Crippen LogP contribution < -0.4 is 10.1 Å². The van der Waals surface area contributed by atoms with Gasteiger partial charge in [0.25, 0.3) is 5.91 Å². The van der Waals surface area contributed by atoms with Crippen molar-refractivity contribution >= 4 is 17.7 Å². The summed E-state index contributed by atoms with van der Waals surface area (Å²) in [6.45, 7) is -0.326. The number of nitrogens with one attached hydrogen (secondary N) is 1. The van der Waals surface area contributed by atoms with E-state index in [9.17, 15) is 31.9 Å². The Hall–Kier alpha value is -3.97. The molecule has 45 heavy (non-hydrogen) atoms. The molecule has 4 aromatic carbocycles. The van der Waals surface area contributed by atoms with Gasteiger partial charge in [-0.1, -0.05) is 60.7 Å². The number of para-hydroxylation sites is 1. The van der Waals surface area contributed by atoms with Crippen molar-refractivity contribution < 1.29 is 46.1 Å². The van der Waals surface area contributed by atoms with E-state index >= 15 is 0 Å². The van der Waals surface area contributed by atoms with Gasteiger partial charge in [0.2, 0.25) is 5.82 Å². The summed E-state index contributed by atoms with van der Waals surface area (Å²) in [5.41, 5.74) is 1.29. The second kappa shape index (κ2) is 14.4. The number of carbonyl (C=O) groups excluding carboxylic acids is 1. The van der Waals surface area contributed by atoms with E-state index in [1.807, 2.05) is 48.5 Å². The molecule has 1 fully saturated rings. The van der Waals surface area contributed by atoms with Crippen LogP contribution in [-0.4, -0.2) is 30.0 Å². The largest absolute Gasteiger partial charge is 0.496 e. The monoisotopic (exact) mass is 645 g/mol. The van der Waals surface area contributed by atoms with Crippen LogP contribution >= 0.6 is 11.8 Å². The van der Waals surface area contributed by atoms with Gasteiger partial charge in [-0.2, -0.15) is 0 Å². The van der Waals surface area contributed by atoms with Crippen LogP contribution in [0.3, 0.4) is 0 Å². The van der Waals surface area contributed by atoms with Gasteiger partial charge in [0.05, 0.1) is 25.9 Å². The molecule has 2 N–H and O–H groups in total. The Morgan fingerprint density at radius 2 is 1.44 bits per heavy atom. The Kier molecular flexibility index (Phi) is 10.4. The minimum atomic E-state index is -2.34. The molecule has 12 heteroatoms. The van der Waals surface area contributed by atoms with Crippen molar-refractivity contribution in [3.05, 3.63) is 130 Å². The molecule has 0 aromatic heterocycles. The first kappa shape index (κ1) is 32.4. The van der Waals surface area contributed by atoms with Crippen LogP contribution in [0.15, 0.2) is 77.7 Å². The zero-order valence-corrected chi connectivity index (χ0v) is 24.7. The highest BCUT2D eigenvalue weighted by atomic mass is 32.2. The lowest BCUT2D eigenvalue weighted by atomic mass is 10.0. The summed E-state index contributed by atoms with van der Waals surface area (Å²) >= 11 is 1.59. The number of amides is 1. The number of hydrogen-bond donors (Lipinski definition) is 2. The molecule has 1 aliphatic rings. The van der Waals surface area contributed by atoms with Crippen LogP contribution in [0, 0.1) is 29.1 Å². The second-order valence-electron chi connectivity index (χ2n) is 10.2. The molecule has 0 spiro atoms. The van der Waals surface area contributed by atoms with Crippen molar-refractivity contribution in [3.8, 4) is 5.75 Å². The molecule has 0 aliphatic carbocycles. The van der Waals surface area contributed by atoms with E-state index in [-0.39, 0.29) is 25.4 Å². The van der Waals surface area contributed by atoms with Crippen LogP contribution in [0.4, 0.5) is 22.0 Å².